The second-order valence-electron chi connectivity index (χ2n) is 3.82. The van der Waals surface area contributed by atoms with Crippen LogP contribution < -0.4 is 11.1 Å². The number of hydrogen-bond acceptors (Lipinski definition) is 7. The molecule has 2 aromatic rings. The number of amides is 1. The molecular weight excluding hydrogens is 270 g/mol. The van der Waals surface area contributed by atoms with Crippen LogP contribution >= 0.6 is 22.7 Å². The standard InChI is InChI=1S/C10H13N5OS2/c1-4-7(17-6(3)12-4)8(16)13-5(2)9-14-15-10(11)18-9/h5H,1-3H3,(H2,11,15)(H,13,16). The van der Waals surface area contributed by atoms with Crippen LogP contribution in [0.1, 0.15) is 38.3 Å². The zero-order valence-electron chi connectivity index (χ0n) is 10.2. The third-order valence-corrected chi connectivity index (χ3v) is 4.29. The number of carbonyl (C=O) groups is 1. The van der Waals surface area contributed by atoms with E-state index in [1.807, 2.05) is 20.8 Å². The molecule has 2 rings (SSSR count). The fraction of sp³-hybridized carbons (Fsp3) is 0.400. The van der Waals surface area contributed by atoms with Crippen LogP contribution in [0.25, 0.3) is 0 Å². The molecule has 96 valence electrons. The highest BCUT2D eigenvalue weighted by Gasteiger charge is 2.18. The first-order chi connectivity index (χ1) is 8.47. The summed E-state index contributed by atoms with van der Waals surface area (Å²) in [6.07, 6.45) is 0. The maximum Gasteiger partial charge on any atom is 0.263 e. The summed E-state index contributed by atoms with van der Waals surface area (Å²) < 4.78 is 0. The summed E-state index contributed by atoms with van der Waals surface area (Å²) in [5, 5.41) is 12.5. The van der Waals surface area contributed by atoms with Crippen molar-refractivity contribution in [3.8, 4) is 0 Å². The number of carbonyl (C=O) groups excluding carboxylic acids is 1. The lowest BCUT2D eigenvalue weighted by Crippen LogP contribution is -2.26. The van der Waals surface area contributed by atoms with E-state index in [0.717, 1.165) is 10.7 Å². The van der Waals surface area contributed by atoms with Crippen LogP contribution in [0, 0.1) is 13.8 Å². The third kappa shape index (κ3) is 2.65. The zero-order chi connectivity index (χ0) is 13.3. The van der Waals surface area contributed by atoms with Gasteiger partial charge in [0.15, 0.2) is 0 Å². The van der Waals surface area contributed by atoms with Crippen molar-refractivity contribution in [2.24, 2.45) is 0 Å². The van der Waals surface area contributed by atoms with Crippen LogP contribution in [0.2, 0.25) is 0 Å². The molecule has 8 heteroatoms. The van der Waals surface area contributed by atoms with Crippen molar-refractivity contribution in [1.29, 1.82) is 0 Å². The van der Waals surface area contributed by atoms with Gasteiger partial charge in [-0.1, -0.05) is 11.3 Å². The van der Waals surface area contributed by atoms with Crippen LogP contribution in [-0.4, -0.2) is 21.1 Å². The van der Waals surface area contributed by atoms with Crippen LogP contribution in [-0.2, 0) is 0 Å². The largest absolute Gasteiger partial charge is 0.374 e. The lowest BCUT2D eigenvalue weighted by atomic mass is 10.3. The van der Waals surface area contributed by atoms with Crippen LogP contribution in [0.5, 0.6) is 0 Å². The number of nitrogens with zero attached hydrogens (tertiary/aromatic N) is 3. The van der Waals surface area contributed by atoms with Gasteiger partial charge in [-0.05, 0) is 20.8 Å². The lowest BCUT2D eigenvalue weighted by Gasteiger charge is -2.09. The second-order valence-corrected chi connectivity index (χ2v) is 6.06. The molecule has 2 aromatic heterocycles. The summed E-state index contributed by atoms with van der Waals surface area (Å²) in [5.74, 6) is -0.139. The SMILES string of the molecule is Cc1nc(C)c(C(=O)NC(C)c2nnc(N)s2)s1. The third-order valence-electron chi connectivity index (χ3n) is 2.28. The summed E-state index contributed by atoms with van der Waals surface area (Å²) in [6, 6.07) is -0.214. The minimum absolute atomic E-state index is 0.139. The quantitative estimate of drug-likeness (QED) is 0.894. The van der Waals surface area contributed by atoms with E-state index in [1.54, 1.807) is 0 Å². The molecule has 0 aromatic carbocycles. The number of nitrogens with one attached hydrogen (secondary N) is 1. The number of hydrogen-bond donors (Lipinski definition) is 2. The molecule has 0 aliphatic carbocycles. The number of aromatic nitrogens is 3. The van der Waals surface area contributed by atoms with Gasteiger partial charge in [0.1, 0.15) is 9.88 Å². The highest BCUT2D eigenvalue weighted by molar-refractivity contribution is 7.15. The Hall–Kier alpha value is -1.54. The van der Waals surface area contributed by atoms with Gasteiger partial charge in [0.25, 0.3) is 5.91 Å². The van der Waals surface area contributed by atoms with E-state index < -0.39 is 0 Å². The van der Waals surface area contributed by atoms with Gasteiger partial charge in [0, 0.05) is 0 Å². The summed E-state index contributed by atoms with van der Waals surface area (Å²) in [4.78, 5) is 16.9. The first kappa shape index (κ1) is 12.9. The van der Waals surface area contributed by atoms with E-state index in [4.69, 9.17) is 5.73 Å². The minimum atomic E-state index is -0.214. The molecule has 3 N–H and O–H groups in total. The average Bonchev–Trinajstić information content (AvgIpc) is 2.84. The summed E-state index contributed by atoms with van der Waals surface area (Å²) >= 11 is 2.66. The number of thiazole rings is 1. The van der Waals surface area contributed by atoms with E-state index in [0.29, 0.717) is 15.0 Å². The second kappa shape index (κ2) is 4.99. The summed E-state index contributed by atoms with van der Waals surface area (Å²) in [7, 11) is 0. The van der Waals surface area contributed by atoms with E-state index in [-0.39, 0.29) is 11.9 Å². The number of anilines is 1. The Balaban J connectivity index is 2.10. The number of aryl methyl sites for hydroxylation is 2. The molecule has 2 heterocycles. The fourth-order valence-electron chi connectivity index (χ4n) is 1.49. The number of nitrogen functional groups attached to an aromatic ring is 1. The van der Waals surface area contributed by atoms with Gasteiger partial charge in [0.2, 0.25) is 5.13 Å². The minimum Gasteiger partial charge on any atom is -0.374 e. The first-order valence-corrected chi connectivity index (χ1v) is 6.94. The van der Waals surface area contributed by atoms with E-state index in [9.17, 15) is 4.79 Å². The highest BCUT2D eigenvalue weighted by Crippen LogP contribution is 2.21. The molecule has 18 heavy (non-hydrogen) atoms. The summed E-state index contributed by atoms with van der Waals surface area (Å²) in [5.41, 5.74) is 6.26. The van der Waals surface area contributed by atoms with Crippen molar-refractivity contribution in [2.75, 3.05) is 5.73 Å². The van der Waals surface area contributed by atoms with Crippen LogP contribution in [0.15, 0.2) is 0 Å². The predicted octanol–water partition coefficient (Wildman–Crippen LogP) is 1.68. The van der Waals surface area contributed by atoms with Gasteiger partial charge in [-0.15, -0.1) is 21.5 Å². The van der Waals surface area contributed by atoms with Crippen molar-refractivity contribution in [2.45, 2.75) is 26.8 Å². The molecule has 1 unspecified atom stereocenters. The molecule has 0 fully saturated rings. The van der Waals surface area contributed by atoms with Crippen molar-refractivity contribution in [3.05, 3.63) is 20.6 Å². The molecule has 0 radical (unpaired) electrons. The smallest absolute Gasteiger partial charge is 0.263 e. The highest BCUT2D eigenvalue weighted by atomic mass is 32.1. The molecule has 0 saturated carbocycles. The summed E-state index contributed by atoms with van der Waals surface area (Å²) in [6.45, 7) is 5.55. The molecule has 0 spiro atoms. The topological polar surface area (TPSA) is 93.8 Å². The predicted molar refractivity (Wildman–Crippen MR) is 71.8 cm³/mol. The van der Waals surface area contributed by atoms with Crippen LogP contribution in [0.4, 0.5) is 5.13 Å². The molecule has 1 amide bonds. The van der Waals surface area contributed by atoms with Gasteiger partial charge < -0.3 is 11.1 Å². The Morgan fingerprint density at radius 3 is 2.56 bits per heavy atom. The molecule has 0 aliphatic heterocycles. The van der Waals surface area contributed by atoms with Gasteiger partial charge in [-0.25, -0.2) is 4.98 Å². The maximum absolute atomic E-state index is 12.1. The molecule has 0 aliphatic rings. The average molecular weight is 283 g/mol. The van der Waals surface area contributed by atoms with Crippen molar-refractivity contribution >= 4 is 33.7 Å². The van der Waals surface area contributed by atoms with Gasteiger partial charge in [0.05, 0.1) is 16.7 Å². The molecule has 6 nitrogen and oxygen atoms in total. The number of nitrogens with two attached hydrogens (primary N) is 1. The van der Waals surface area contributed by atoms with E-state index >= 15 is 0 Å². The zero-order valence-corrected chi connectivity index (χ0v) is 11.9. The van der Waals surface area contributed by atoms with E-state index in [1.165, 1.54) is 22.7 Å². The fourth-order valence-corrected chi connectivity index (χ4v) is 2.92. The van der Waals surface area contributed by atoms with Crippen molar-refractivity contribution in [3.63, 3.8) is 0 Å². The molecular formula is C10H13N5OS2. The Morgan fingerprint density at radius 1 is 1.33 bits per heavy atom. The van der Waals surface area contributed by atoms with Gasteiger partial charge in [-0.3, -0.25) is 4.79 Å². The van der Waals surface area contributed by atoms with Crippen molar-refractivity contribution < 1.29 is 4.79 Å². The normalized spacial score (nSPS) is 12.4. The molecule has 0 saturated heterocycles. The van der Waals surface area contributed by atoms with E-state index in [2.05, 4.69) is 20.5 Å². The molecule has 1 atom stereocenters. The Kier molecular flexibility index (Phi) is 3.58. The Labute approximate surface area is 112 Å². The maximum atomic E-state index is 12.1. The van der Waals surface area contributed by atoms with Gasteiger partial charge >= 0.3 is 0 Å². The monoisotopic (exact) mass is 283 g/mol. The first-order valence-electron chi connectivity index (χ1n) is 5.31. The molecule has 0 bridgehead atoms. The Morgan fingerprint density at radius 2 is 2.06 bits per heavy atom. The van der Waals surface area contributed by atoms with Crippen molar-refractivity contribution in [1.82, 2.24) is 20.5 Å². The Bertz CT molecular complexity index is 577. The van der Waals surface area contributed by atoms with Crippen LogP contribution in [0.3, 0.4) is 0 Å². The van der Waals surface area contributed by atoms with Gasteiger partial charge in [-0.2, -0.15) is 0 Å². The number of rotatable bonds is 3. The lowest BCUT2D eigenvalue weighted by molar-refractivity contribution is 0.0943.